The molecule has 1 fully saturated rings. The fraction of sp³-hybridized carbons (Fsp3) is 0.500. The quantitative estimate of drug-likeness (QED) is 0.647. The average molecular weight is 409 g/mol. The summed E-state index contributed by atoms with van der Waals surface area (Å²) in [5.74, 6) is 1.08. The normalized spacial score (nSPS) is 23.6. The lowest BCUT2D eigenvalue weighted by Gasteiger charge is -2.48. The molecule has 1 aliphatic heterocycles. The van der Waals surface area contributed by atoms with Crippen molar-refractivity contribution in [1.29, 1.82) is 0 Å². The molecule has 1 saturated heterocycles. The second-order valence-electron chi connectivity index (χ2n) is 6.90. The van der Waals surface area contributed by atoms with Gasteiger partial charge < -0.3 is 14.5 Å². The lowest BCUT2D eigenvalue weighted by Crippen LogP contribution is -2.68. The highest BCUT2D eigenvalue weighted by molar-refractivity contribution is 8.01. The second kappa shape index (κ2) is 9.06. The predicted octanol–water partition coefficient (Wildman–Crippen LogP) is 3.46. The molecule has 0 radical (unpaired) electrons. The Morgan fingerprint density at radius 2 is 1.81 bits per heavy atom. The van der Waals surface area contributed by atoms with Gasteiger partial charge in [-0.25, -0.2) is 0 Å². The number of allylic oxidation sites excluding steroid dienone is 1. The molecule has 1 heterocycles. The molecular weight excluding hydrogens is 380 g/mol. The van der Waals surface area contributed by atoms with Crippen LogP contribution in [0.5, 0.6) is 5.75 Å². The summed E-state index contributed by atoms with van der Waals surface area (Å²) in [6, 6.07) is 7.67. The zero-order chi connectivity index (χ0) is 20.2. The van der Waals surface area contributed by atoms with E-state index in [1.165, 1.54) is 23.5 Å². The third kappa shape index (κ3) is 4.46. The number of carbonyl (C=O) groups excluding carboxylic acids is 2. The molecule has 1 aromatic carbocycles. The molecule has 27 heavy (non-hydrogen) atoms. The van der Waals surface area contributed by atoms with Gasteiger partial charge in [0.05, 0.1) is 6.26 Å². The zero-order valence-corrected chi connectivity index (χ0v) is 18.4. The molecule has 1 aliphatic rings. The number of hydrogen-bond donors (Lipinski definition) is 0. The highest BCUT2D eigenvalue weighted by Crippen LogP contribution is 2.39. The summed E-state index contributed by atoms with van der Waals surface area (Å²) in [5, 5.41) is -0.466. The molecule has 7 heteroatoms. The molecule has 0 bridgehead atoms. The van der Waals surface area contributed by atoms with Crippen LogP contribution in [0.3, 0.4) is 0 Å². The number of rotatable bonds is 7. The first-order chi connectivity index (χ1) is 12.8. The minimum absolute atomic E-state index is 0.0438. The molecule has 5 nitrogen and oxygen atoms in total. The van der Waals surface area contributed by atoms with Crippen molar-refractivity contribution in [3.05, 3.63) is 42.2 Å². The highest BCUT2D eigenvalue weighted by atomic mass is 32.2. The van der Waals surface area contributed by atoms with Crippen molar-refractivity contribution < 1.29 is 14.3 Å². The van der Waals surface area contributed by atoms with Crippen LogP contribution in [0.25, 0.3) is 0 Å². The second-order valence-corrected chi connectivity index (χ2v) is 8.90. The van der Waals surface area contributed by atoms with Crippen molar-refractivity contribution in [1.82, 2.24) is 9.80 Å². The van der Waals surface area contributed by atoms with E-state index in [4.69, 9.17) is 4.74 Å². The summed E-state index contributed by atoms with van der Waals surface area (Å²) in [5.41, 5.74) is 0.980. The topological polar surface area (TPSA) is 49.9 Å². The highest BCUT2D eigenvalue weighted by Gasteiger charge is 2.53. The molecule has 2 amide bonds. The maximum Gasteiger partial charge on any atom is 0.260 e. The van der Waals surface area contributed by atoms with Gasteiger partial charge in [-0.2, -0.15) is 0 Å². The molecule has 1 aromatic rings. The van der Waals surface area contributed by atoms with Gasteiger partial charge in [0.1, 0.15) is 5.75 Å². The minimum atomic E-state index is -0.933. The molecular formula is C20H28N2O3S2. The Hall–Kier alpha value is -1.60. The minimum Gasteiger partial charge on any atom is -0.465 e. The smallest absolute Gasteiger partial charge is 0.260 e. The first-order valence-electron chi connectivity index (χ1n) is 8.82. The van der Waals surface area contributed by atoms with Crippen LogP contribution in [-0.4, -0.2) is 58.5 Å². The molecule has 0 spiro atoms. The number of benzene rings is 1. The predicted molar refractivity (Wildman–Crippen MR) is 114 cm³/mol. The van der Waals surface area contributed by atoms with Crippen LogP contribution in [0, 0.1) is 5.92 Å². The van der Waals surface area contributed by atoms with E-state index in [2.05, 4.69) is 13.8 Å². The molecule has 148 valence electrons. The number of piperazine rings is 1. The number of ether oxygens (including phenoxy) is 1. The molecule has 0 saturated carbocycles. The van der Waals surface area contributed by atoms with Crippen LogP contribution in [0.2, 0.25) is 0 Å². The van der Waals surface area contributed by atoms with Gasteiger partial charge in [0.25, 0.3) is 11.8 Å². The number of likely N-dealkylation sites (N-methyl/N-ethyl adjacent to an activating group) is 2. The van der Waals surface area contributed by atoms with Gasteiger partial charge in [0, 0.05) is 20.5 Å². The first kappa shape index (κ1) is 21.7. The van der Waals surface area contributed by atoms with Crippen LogP contribution in [0.1, 0.15) is 19.4 Å². The fourth-order valence-electron chi connectivity index (χ4n) is 3.02. The van der Waals surface area contributed by atoms with Gasteiger partial charge >= 0.3 is 0 Å². The Kier molecular flexibility index (Phi) is 7.28. The van der Waals surface area contributed by atoms with E-state index >= 15 is 0 Å². The maximum absolute atomic E-state index is 13.1. The Labute approximate surface area is 170 Å². The van der Waals surface area contributed by atoms with Gasteiger partial charge in [0.2, 0.25) is 0 Å². The molecule has 0 aromatic heterocycles. The van der Waals surface area contributed by atoms with Gasteiger partial charge in [-0.05, 0) is 42.2 Å². The number of thioether (sulfide) groups is 2. The summed E-state index contributed by atoms with van der Waals surface area (Å²) >= 11 is 2.79. The number of amides is 2. The van der Waals surface area contributed by atoms with Crippen molar-refractivity contribution in [3.63, 3.8) is 0 Å². The van der Waals surface area contributed by atoms with E-state index in [-0.39, 0.29) is 11.8 Å². The largest absolute Gasteiger partial charge is 0.465 e. The van der Waals surface area contributed by atoms with Crippen molar-refractivity contribution in [2.24, 2.45) is 5.92 Å². The van der Waals surface area contributed by atoms with E-state index in [0.29, 0.717) is 12.3 Å². The molecule has 2 atom stereocenters. The van der Waals surface area contributed by atoms with Gasteiger partial charge in [0.15, 0.2) is 10.2 Å². The summed E-state index contributed by atoms with van der Waals surface area (Å²) < 4.78 is 5.59. The van der Waals surface area contributed by atoms with E-state index < -0.39 is 10.2 Å². The Bertz CT molecular complexity index is 706. The standard InChI is InChI=1S/C20H28N2O3S2/c1-14(2)11-12-25-16-9-7-15(8-10-16)13-20(27-6)19(24)21(3)18(26-5)17(23)22(20)4/h7-12,14,18H,13H2,1-6H3/b12-11-/t18-,20-/m0/s1. The van der Waals surface area contributed by atoms with Crippen LogP contribution in [-0.2, 0) is 16.0 Å². The Morgan fingerprint density at radius 3 is 2.33 bits per heavy atom. The summed E-state index contributed by atoms with van der Waals surface area (Å²) in [4.78, 5) is 28.2. The van der Waals surface area contributed by atoms with Crippen molar-refractivity contribution >= 4 is 35.3 Å². The Morgan fingerprint density at radius 1 is 1.19 bits per heavy atom. The van der Waals surface area contributed by atoms with E-state index in [0.717, 1.165) is 11.3 Å². The van der Waals surface area contributed by atoms with Crippen LogP contribution in [0.4, 0.5) is 0 Å². The lowest BCUT2D eigenvalue weighted by atomic mass is 10.0. The SMILES string of the molecule is CS[C@H]1C(=O)N(C)[C@@](Cc2ccc(O/C=C\C(C)C)cc2)(SC)C(=O)N1C. The van der Waals surface area contributed by atoms with E-state index in [1.54, 1.807) is 30.2 Å². The Balaban J connectivity index is 2.22. The molecule has 0 aliphatic carbocycles. The monoisotopic (exact) mass is 408 g/mol. The van der Waals surface area contributed by atoms with E-state index in [9.17, 15) is 9.59 Å². The maximum atomic E-state index is 13.1. The van der Waals surface area contributed by atoms with Crippen molar-refractivity contribution in [2.45, 2.75) is 30.5 Å². The van der Waals surface area contributed by atoms with Gasteiger partial charge in [-0.3, -0.25) is 9.59 Å². The van der Waals surface area contributed by atoms with Crippen molar-refractivity contribution in [3.8, 4) is 5.75 Å². The number of hydrogen-bond acceptors (Lipinski definition) is 5. The number of carbonyl (C=O) groups is 2. The van der Waals surface area contributed by atoms with Gasteiger partial charge in [-0.1, -0.05) is 26.0 Å². The molecule has 0 unspecified atom stereocenters. The first-order valence-corrected chi connectivity index (χ1v) is 11.3. The lowest BCUT2D eigenvalue weighted by molar-refractivity contribution is -0.156. The van der Waals surface area contributed by atoms with Crippen LogP contribution >= 0.6 is 23.5 Å². The van der Waals surface area contributed by atoms with Crippen LogP contribution < -0.4 is 4.74 Å². The summed E-state index contributed by atoms with van der Waals surface area (Å²) in [6.07, 6.45) is 7.85. The molecule has 2 rings (SSSR count). The summed E-state index contributed by atoms with van der Waals surface area (Å²) in [6.45, 7) is 4.17. The van der Waals surface area contributed by atoms with Crippen molar-refractivity contribution in [2.75, 3.05) is 26.6 Å². The van der Waals surface area contributed by atoms with Gasteiger partial charge in [-0.15, -0.1) is 23.5 Å². The average Bonchev–Trinajstić information content (AvgIpc) is 2.65. The van der Waals surface area contributed by atoms with E-state index in [1.807, 2.05) is 42.9 Å². The third-order valence-corrected chi connectivity index (χ3v) is 6.92. The van der Waals surface area contributed by atoms with Crippen LogP contribution in [0.15, 0.2) is 36.6 Å². The summed E-state index contributed by atoms with van der Waals surface area (Å²) in [7, 11) is 3.43. The third-order valence-electron chi connectivity index (χ3n) is 4.69. The zero-order valence-electron chi connectivity index (χ0n) is 16.8. The fourth-order valence-corrected chi connectivity index (χ4v) is 4.79. The number of nitrogens with zero attached hydrogens (tertiary/aromatic N) is 2. The molecule has 0 N–H and O–H groups in total.